The Hall–Kier alpha value is -3.03. The molecule has 0 fully saturated rings. The Morgan fingerprint density at radius 1 is 1.03 bits per heavy atom. The van der Waals surface area contributed by atoms with Gasteiger partial charge in [-0.25, -0.2) is 8.42 Å². The van der Waals surface area contributed by atoms with Gasteiger partial charge in [-0.3, -0.25) is 9.52 Å². The van der Waals surface area contributed by atoms with Crippen LogP contribution in [0.1, 0.15) is 53.4 Å². The number of halogens is 1. The number of amides is 1. The quantitative estimate of drug-likeness (QED) is 0.351. The van der Waals surface area contributed by atoms with Gasteiger partial charge in [0.05, 0.1) is 23.9 Å². The van der Waals surface area contributed by atoms with Crippen molar-refractivity contribution in [2.75, 3.05) is 11.8 Å². The Morgan fingerprint density at radius 3 is 2.34 bits per heavy atom. The van der Waals surface area contributed by atoms with Gasteiger partial charge in [-0.2, -0.15) is 0 Å². The lowest BCUT2D eigenvalue weighted by molar-refractivity contribution is 0.0931. The molecular formula is C27H31ClN2O4S. The molecule has 3 rings (SSSR count). The molecule has 3 aromatic carbocycles. The summed E-state index contributed by atoms with van der Waals surface area (Å²) in [6.07, 6.45) is 0.713. The molecule has 6 nitrogen and oxygen atoms in total. The van der Waals surface area contributed by atoms with Crippen molar-refractivity contribution in [3.05, 3.63) is 87.9 Å². The Morgan fingerprint density at radius 2 is 1.71 bits per heavy atom. The maximum Gasteiger partial charge on any atom is 0.263 e. The third-order valence-corrected chi connectivity index (χ3v) is 7.71. The molecule has 0 aliphatic rings. The van der Waals surface area contributed by atoms with Crippen LogP contribution in [0.5, 0.6) is 5.75 Å². The molecule has 1 atom stereocenters. The number of hydrogen-bond donors (Lipinski definition) is 2. The third-order valence-electron chi connectivity index (χ3n) is 5.86. The first kappa shape index (κ1) is 26.6. The van der Waals surface area contributed by atoms with E-state index in [0.29, 0.717) is 18.0 Å². The second-order valence-corrected chi connectivity index (χ2v) is 11.0. The van der Waals surface area contributed by atoms with Gasteiger partial charge in [0.15, 0.2) is 0 Å². The third kappa shape index (κ3) is 6.55. The molecule has 0 aromatic heterocycles. The van der Waals surface area contributed by atoms with E-state index in [9.17, 15) is 13.2 Å². The van der Waals surface area contributed by atoms with Crippen LogP contribution < -0.4 is 14.8 Å². The minimum atomic E-state index is -4.02. The van der Waals surface area contributed by atoms with E-state index in [1.165, 1.54) is 18.2 Å². The SMILES string of the molecule is COc1ccc([C@H](CC(C)C)NC(=O)c2ccc(Cl)c(S(=O)(=O)Nc3cccc(C)c3C)c2)cc1. The van der Waals surface area contributed by atoms with E-state index >= 15 is 0 Å². The van der Waals surface area contributed by atoms with Gasteiger partial charge in [-0.15, -0.1) is 0 Å². The average Bonchev–Trinajstić information content (AvgIpc) is 2.81. The fourth-order valence-corrected chi connectivity index (χ4v) is 5.39. The number of nitrogens with one attached hydrogen (secondary N) is 2. The number of aryl methyl sites for hydroxylation is 1. The Bertz CT molecular complexity index is 1310. The highest BCUT2D eigenvalue weighted by molar-refractivity contribution is 7.92. The van der Waals surface area contributed by atoms with E-state index in [-0.39, 0.29) is 27.4 Å². The highest BCUT2D eigenvalue weighted by atomic mass is 35.5. The van der Waals surface area contributed by atoms with Crippen LogP contribution in [0.2, 0.25) is 5.02 Å². The van der Waals surface area contributed by atoms with Crippen molar-refractivity contribution in [3.63, 3.8) is 0 Å². The number of benzene rings is 3. The number of hydrogen-bond acceptors (Lipinski definition) is 4. The lowest BCUT2D eigenvalue weighted by Crippen LogP contribution is -2.29. The lowest BCUT2D eigenvalue weighted by Gasteiger charge is -2.22. The van der Waals surface area contributed by atoms with E-state index < -0.39 is 10.0 Å². The standard InChI is InChI=1S/C27H31ClN2O4S/c1-17(2)15-25(20-9-12-22(34-5)13-10-20)29-27(31)21-11-14-23(28)26(16-21)35(32,33)30-24-8-6-7-18(3)19(24)4/h6-14,16-17,25,30H,15H2,1-5H3,(H,29,31)/t25-/m0/s1. The number of carbonyl (C=O) groups is 1. The van der Waals surface area contributed by atoms with Crippen molar-refractivity contribution in [1.29, 1.82) is 0 Å². The molecule has 0 heterocycles. The van der Waals surface area contributed by atoms with Crippen LogP contribution in [-0.2, 0) is 10.0 Å². The first-order chi connectivity index (χ1) is 16.5. The normalized spacial score (nSPS) is 12.3. The number of carbonyl (C=O) groups excluding carboxylic acids is 1. The van der Waals surface area contributed by atoms with Crippen molar-refractivity contribution < 1.29 is 17.9 Å². The molecule has 1 amide bonds. The summed E-state index contributed by atoms with van der Waals surface area (Å²) in [4.78, 5) is 13.0. The summed E-state index contributed by atoms with van der Waals surface area (Å²) >= 11 is 6.26. The summed E-state index contributed by atoms with van der Waals surface area (Å²) in [6, 6.07) is 16.9. The Balaban J connectivity index is 1.89. The van der Waals surface area contributed by atoms with Crippen molar-refractivity contribution in [3.8, 4) is 5.75 Å². The second kappa shape index (κ2) is 11.1. The summed E-state index contributed by atoms with van der Waals surface area (Å²) in [5, 5.41) is 3.08. The summed E-state index contributed by atoms with van der Waals surface area (Å²) in [5.74, 6) is 0.670. The smallest absolute Gasteiger partial charge is 0.263 e. The maximum absolute atomic E-state index is 13.2. The molecule has 186 valence electrons. The minimum Gasteiger partial charge on any atom is -0.497 e. The Kier molecular flexibility index (Phi) is 8.46. The number of sulfonamides is 1. The molecule has 0 bridgehead atoms. The highest BCUT2D eigenvalue weighted by Crippen LogP contribution is 2.28. The van der Waals surface area contributed by atoms with E-state index in [1.807, 2.05) is 44.2 Å². The predicted molar refractivity (Wildman–Crippen MR) is 141 cm³/mol. The van der Waals surface area contributed by atoms with Crippen LogP contribution in [0.4, 0.5) is 5.69 Å². The van der Waals surface area contributed by atoms with E-state index in [4.69, 9.17) is 16.3 Å². The topological polar surface area (TPSA) is 84.5 Å². The summed E-state index contributed by atoms with van der Waals surface area (Å²) in [7, 11) is -2.42. The molecule has 0 unspecified atom stereocenters. The number of rotatable bonds is 9. The van der Waals surface area contributed by atoms with E-state index in [1.54, 1.807) is 19.2 Å². The molecule has 2 N–H and O–H groups in total. The molecule has 3 aromatic rings. The number of anilines is 1. The van der Waals surface area contributed by atoms with E-state index in [0.717, 1.165) is 22.4 Å². The van der Waals surface area contributed by atoms with Gasteiger partial charge in [-0.05, 0) is 79.3 Å². The first-order valence-electron chi connectivity index (χ1n) is 11.3. The second-order valence-electron chi connectivity index (χ2n) is 8.93. The van der Waals surface area contributed by atoms with Gasteiger partial charge in [0.2, 0.25) is 0 Å². The van der Waals surface area contributed by atoms with Gasteiger partial charge < -0.3 is 10.1 Å². The molecule has 0 spiro atoms. The first-order valence-corrected chi connectivity index (χ1v) is 13.2. The number of ether oxygens (including phenoxy) is 1. The summed E-state index contributed by atoms with van der Waals surface area (Å²) < 4.78 is 34.2. The molecule has 35 heavy (non-hydrogen) atoms. The van der Waals surface area contributed by atoms with Crippen LogP contribution >= 0.6 is 11.6 Å². The van der Waals surface area contributed by atoms with Crippen LogP contribution in [0.3, 0.4) is 0 Å². The van der Waals surface area contributed by atoms with Crippen molar-refractivity contribution in [2.24, 2.45) is 5.92 Å². The summed E-state index contributed by atoms with van der Waals surface area (Å²) in [5.41, 5.74) is 3.38. The monoisotopic (exact) mass is 514 g/mol. The Labute approximate surface area is 212 Å². The molecule has 0 saturated heterocycles. The fourth-order valence-electron chi connectivity index (χ4n) is 3.74. The van der Waals surface area contributed by atoms with Gasteiger partial charge in [-0.1, -0.05) is 49.7 Å². The zero-order valence-electron chi connectivity index (χ0n) is 20.6. The van der Waals surface area contributed by atoms with Crippen LogP contribution in [0.15, 0.2) is 65.6 Å². The zero-order chi connectivity index (χ0) is 25.8. The summed E-state index contributed by atoms with van der Waals surface area (Å²) in [6.45, 7) is 7.90. The zero-order valence-corrected chi connectivity index (χ0v) is 22.1. The lowest BCUT2D eigenvalue weighted by atomic mass is 9.96. The number of methoxy groups -OCH3 is 1. The minimum absolute atomic E-state index is 0.0354. The highest BCUT2D eigenvalue weighted by Gasteiger charge is 2.23. The molecular weight excluding hydrogens is 484 g/mol. The van der Waals surface area contributed by atoms with Gasteiger partial charge in [0, 0.05) is 5.56 Å². The molecule has 0 aliphatic carbocycles. The largest absolute Gasteiger partial charge is 0.497 e. The fraction of sp³-hybridized carbons (Fsp3) is 0.296. The maximum atomic E-state index is 13.2. The predicted octanol–water partition coefficient (Wildman–Crippen LogP) is 6.28. The average molecular weight is 515 g/mol. The molecule has 8 heteroatoms. The van der Waals surface area contributed by atoms with Crippen LogP contribution in [-0.4, -0.2) is 21.4 Å². The van der Waals surface area contributed by atoms with Gasteiger partial charge in [0.1, 0.15) is 10.6 Å². The van der Waals surface area contributed by atoms with Crippen molar-refractivity contribution >= 4 is 33.2 Å². The van der Waals surface area contributed by atoms with Crippen LogP contribution in [0, 0.1) is 19.8 Å². The van der Waals surface area contributed by atoms with Gasteiger partial charge in [0.25, 0.3) is 15.9 Å². The van der Waals surface area contributed by atoms with Gasteiger partial charge >= 0.3 is 0 Å². The van der Waals surface area contributed by atoms with E-state index in [2.05, 4.69) is 23.9 Å². The van der Waals surface area contributed by atoms with Crippen molar-refractivity contribution in [2.45, 2.75) is 45.1 Å². The molecule has 0 saturated carbocycles. The van der Waals surface area contributed by atoms with Crippen molar-refractivity contribution in [1.82, 2.24) is 5.32 Å². The molecule has 0 aliphatic heterocycles. The molecule has 0 radical (unpaired) electrons. The van der Waals surface area contributed by atoms with Crippen LogP contribution in [0.25, 0.3) is 0 Å².